The van der Waals surface area contributed by atoms with Crippen molar-refractivity contribution >= 4 is 35.0 Å². The first kappa shape index (κ1) is 23.9. The molecule has 3 amide bonds. The number of alkyl halides is 1. The highest BCUT2D eigenvalue weighted by molar-refractivity contribution is 6.19. The van der Waals surface area contributed by atoms with Crippen molar-refractivity contribution in [1.82, 2.24) is 14.7 Å². The summed E-state index contributed by atoms with van der Waals surface area (Å²) in [7, 11) is 0. The Balaban J connectivity index is 1.54. The van der Waals surface area contributed by atoms with E-state index < -0.39 is 11.0 Å². The van der Waals surface area contributed by atoms with Gasteiger partial charge in [0.05, 0.1) is 12.1 Å². The van der Waals surface area contributed by atoms with E-state index in [9.17, 15) is 14.4 Å². The molecule has 3 saturated heterocycles. The molecule has 4 rings (SSSR count). The number of amides is 3. The lowest BCUT2D eigenvalue weighted by molar-refractivity contribution is -0.144. The Morgan fingerprint density at radius 3 is 2.21 bits per heavy atom. The van der Waals surface area contributed by atoms with Crippen molar-refractivity contribution in [2.24, 2.45) is 5.41 Å². The van der Waals surface area contributed by atoms with Crippen LogP contribution >= 0.6 is 11.6 Å². The summed E-state index contributed by atoms with van der Waals surface area (Å²) in [5.41, 5.74) is -0.386. The number of hydrogen-bond acceptors (Lipinski definition) is 4. The number of halogens is 1. The first-order valence-electron chi connectivity index (χ1n) is 12.0. The summed E-state index contributed by atoms with van der Waals surface area (Å²) >= 11 is 6.03. The second-order valence-electron chi connectivity index (χ2n) is 10.2. The summed E-state index contributed by atoms with van der Waals surface area (Å²) in [5.74, 6) is 0.320. The summed E-state index contributed by atoms with van der Waals surface area (Å²) in [6.07, 6.45) is 4.30. The van der Waals surface area contributed by atoms with Crippen molar-refractivity contribution in [1.29, 1.82) is 0 Å². The predicted octanol–water partition coefficient (Wildman–Crippen LogP) is 2.93. The Bertz CT molecular complexity index is 877. The van der Waals surface area contributed by atoms with Crippen LogP contribution in [0.2, 0.25) is 0 Å². The number of carbonyl (C=O) groups is 3. The monoisotopic (exact) mass is 474 g/mol. The summed E-state index contributed by atoms with van der Waals surface area (Å²) < 4.78 is 0. The van der Waals surface area contributed by atoms with Gasteiger partial charge >= 0.3 is 0 Å². The van der Waals surface area contributed by atoms with Crippen LogP contribution in [0, 0.1) is 5.41 Å². The van der Waals surface area contributed by atoms with Crippen molar-refractivity contribution < 1.29 is 14.4 Å². The third kappa shape index (κ3) is 4.57. The summed E-state index contributed by atoms with van der Waals surface area (Å²) in [6, 6.07) is 9.92. The van der Waals surface area contributed by atoms with Crippen molar-refractivity contribution in [2.45, 2.75) is 51.5 Å². The molecule has 0 N–H and O–H groups in total. The van der Waals surface area contributed by atoms with E-state index in [4.69, 9.17) is 11.6 Å². The van der Waals surface area contributed by atoms with Crippen molar-refractivity contribution in [3.8, 4) is 0 Å². The molecule has 0 atom stereocenters. The van der Waals surface area contributed by atoms with Gasteiger partial charge in [-0.3, -0.25) is 14.4 Å². The Morgan fingerprint density at radius 2 is 1.61 bits per heavy atom. The molecule has 7 nitrogen and oxygen atoms in total. The van der Waals surface area contributed by atoms with Gasteiger partial charge in [-0.2, -0.15) is 0 Å². The minimum atomic E-state index is -0.731. The van der Waals surface area contributed by atoms with Crippen LogP contribution in [0.25, 0.3) is 0 Å². The Kier molecular flexibility index (Phi) is 6.89. The van der Waals surface area contributed by atoms with Crippen LogP contribution in [0.4, 0.5) is 5.69 Å². The third-order valence-corrected chi connectivity index (χ3v) is 8.08. The number of hydrogen-bond donors (Lipinski definition) is 0. The lowest BCUT2D eigenvalue weighted by atomic mass is 9.84. The zero-order valence-corrected chi connectivity index (χ0v) is 20.5. The van der Waals surface area contributed by atoms with Gasteiger partial charge in [0.1, 0.15) is 12.1 Å². The van der Waals surface area contributed by atoms with E-state index in [0.29, 0.717) is 32.6 Å². The number of rotatable bonds is 5. The molecule has 3 aliphatic heterocycles. The molecule has 0 saturated carbocycles. The second kappa shape index (κ2) is 9.53. The molecule has 0 bridgehead atoms. The van der Waals surface area contributed by atoms with Crippen molar-refractivity contribution in [2.75, 3.05) is 50.2 Å². The number of likely N-dealkylation sites (tertiary alicyclic amines) is 2. The molecular weight excluding hydrogens is 440 g/mol. The van der Waals surface area contributed by atoms with E-state index in [-0.39, 0.29) is 30.1 Å². The highest BCUT2D eigenvalue weighted by atomic mass is 35.5. The van der Waals surface area contributed by atoms with E-state index in [1.54, 1.807) is 4.90 Å². The van der Waals surface area contributed by atoms with Gasteiger partial charge in [-0.1, -0.05) is 18.2 Å². The molecule has 33 heavy (non-hydrogen) atoms. The van der Waals surface area contributed by atoms with E-state index in [1.807, 2.05) is 54.0 Å². The zero-order valence-electron chi connectivity index (χ0n) is 19.8. The standard InChI is InChI=1S/C25H35ClN4O3/c1-24(2,18-26)22(32)28-15-11-25(12-16-28)23(33)29(17-21(31)27-13-7-4-8-14-27)19-30(25)20-9-5-3-6-10-20/h3,5-6,9-10H,4,7-8,11-19H2,1-2H3. The SMILES string of the molecule is CC(C)(CCl)C(=O)N1CCC2(CC1)C(=O)N(CC(=O)N1CCCCC1)CN2c1ccccc1. The zero-order chi connectivity index (χ0) is 23.6. The average molecular weight is 475 g/mol. The normalized spacial score (nSPS) is 21.1. The minimum absolute atomic E-state index is 0.000384. The van der Waals surface area contributed by atoms with Gasteiger partial charge in [-0.05, 0) is 58.1 Å². The highest BCUT2D eigenvalue weighted by Gasteiger charge is 2.55. The Hall–Kier alpha value is -2.28. The fourth-order valence-electron chi connectivity index (χ4n) is 5.29. The van der Waals surface area contributed by atoms with Gasteiger partial charge in [0.15, 0.2) is 0 Å². The molecule has 3 aliphatic rings. The minimum Gasteiger partial charge on any atom is -0.342 e. The maximum absolute atomic E-state index is 13.8. The molecule has 0 radical (unpaired) electrons. The maximum Gasteiger partial charge on any atom is 0.250 e. The molecule has 0 aromatic heterocycles. The lowest BCUT2D eigenvalue weighted by Gasteiger charge is -2.44. The summed E-state index contributed by atoms with van der Waals surface area (Å²) in [5, 5.41) is 0. The predicted molar refractivity (Wildman–Crippen MR) is 129 cm³/mol. The number of para-hydroxylation sites is 1. The van der Waals surface area contributed by atoms with Crippen LogP contribution in [0.5, 0.6) is 0 Å². The number of benzene rings is 1. The van der Waals surface area contributed by atoms with Crippen LogP contribution in [0.15, 0.2) is 30.3 Å². The second-order valence-corrected chi connectivity index (χ2v) is 10.5. The van der Waals surface area contributed by atoms with Gasteiger partial charge in [-0.25, -0.2) is 0 Å². The smallest absolute Gasteiger partial charge is 0.250 e. The number of carbonyl (C=O) groups excluding carboxylic acids is 3. The average Bonchev–Trinajstić information content (AvgIpc) is 3.11. The van der Waals surface area contributed by atoms with Crippen LogP contribution in [-0.4, -0.2) is 83.2 Å². The van der Waals surface area contributed by atoms with E-state index in [0.717, 1.165) is 38.0 Å². The summed E-state index contributed by atoms with van der Waals surface area (Å²) in [6.45, 7) is 6.79. The fraction of sp³-hybridized carbons (Fsp3) is 0.640. The molecular formula is C25H35ClN4O3. The maximum atomic E-state index is 13.8. The quantitative estimate of drug-likeness (QED) is 0.615. The number of piperidine rings is 2. The Morgan fingerprint density at radius 1 is 0.970 bits per heavy atom. The number of anilines is 1. The summed E-state index contributed by atoms with van der Waals surface area (Å²) in [4.78, 5) is 47.3. The van der Waals surface area contributed by atoms with E-state index >= 15 is 0 Å². The van der Waals surface area contributed by atoms with Crippen molar-refractivity contribution in [3.63, 3.8) is 0 Å². The largest absolute Gasteiger partial charge is 0.342 e. The molecule has 180 valence electrons. The lowest BCUT2D eigenvalue weighted by Crippen LogP contribution is -2.58. The topological polar surface area (TPSA) is 64.2 Å². The third-order valence-electron chi connectivity index (χ3n) is 7.41. The van der Waals surface area contributed by atoms with E-state index in [1.165, 1.54) is 0 Å². The molecule has 8 heteroatoms. The fourth-order valence-corrected chi connectivity index (χ4v) is 5.41. The van der Waals surface area contributed by atoms with Crippen LogP contribution in [-0.2, 0) is 14.4 Å². The van der Waals surface area contributed by atoms with E-state index in [2.05, 4.69) is 4.90 Å². The molecule has 3 fully saturated rings. The Labute approximate surface area is 201 Å². The van der Waals surface area contributed by atoms with Crippen LogP contribution < -0.4 is 4.90 Å². The van der Waals surface area contributed by atoms with Crippen LogP contribution in [0.3, 0.4) is 0 Å². The van der Waals surface area contributed by atoms with Gasteiger partial charge < -0.3 is 19.6 Å². The molecule has 1 aromatic rings. The van der Waals surface area contributed by atoms with Gasteiger partial charge in [0, 0.05) is 37.7 Å². The molecule has 0 unspecified atom stereocenters. The molecule has 0 aliphatic carbocycles. The molecule has 3 heterocycles. The van der Waals surface area contributed by atoms with Gasteiger partial charge in [0.2, 0.25) is 11.8 Å². The first-order chi connectivity index (χ1) is 15.8. The van der Waals surface area contributed by atoms with Gasteiger partial charge in [0.25, 0.3) is 5.91 Å². The number of nitrogens with zero attached hydrogens (tertiary/aromatic N) is 4. The van der Waals surface area contributed by atoms with Gasteiger partial charge in [-0.15, -0.1) is 11.6 Å². The highest BCUT2D eigenvalue weighted by Crippen LogP contribution is 2.40. The first-order valence-corrected chi connectivity index (χ1v) is 12.6. The molecule has 1 aromatic carbocycles. The van der Waals surface area contributed by atoms with Crippen LogP contribution in [0.1, 0.15) is 46.0 Å². The van der Waals surface area contributed by atoms with Crippen molar-refractivity contribution in [3.05, 3.63) is 30.3 Å². The molecule has 1 spiro atoms.